The number of carbonyl (C=O) groups excluding carboxylic acids is 1. The maximum Gasteiger partial charge on any atom is 0.437 e. The van der Waals surface area contributed by atoms with Crippen LogP contribution in [0.3, 0.4) is 0 Å². The maximum absolute atomic E-state index is 12.8. The van der Waals surface area contributed by atoms with E-state index in [4.69, 9.17) is 8.57 Å². The number of nitrogens with zero attached hydrogens (tertiary/aromatic N) is 3. The quantitative estimate of drug-likeness (QED) is 0.207. The summed E-state index contributed by atoms with van der Waals surface area (Å²) in [5.74, 6) is 0. The molecular weight excluding hydrogens is 456 g/mol. The highest BCUT2D eigenvalue weighted by molar-refractivity contribution is 7.81. The second-order valence-corrected chi connectivity index (χ2v) is 9.96. The zero-order valence-corrected chi connectivity index (χ0v) is 23.1. The van der Waals surface area contributed by atoms with Gasteiger partial charge in [-0.3, -0.25) is 0 Å². The van der Waals surface area contributed by atoms with E-state index in [0.717, 1.165) is 64.2 Å². The fourth-order valence-corrected chi connectivity index (χ4v) is 4.88. The van der Waals surface area contributed by atoms with E-state index in [1.54, 1.807) is 12.0 Å². The number of amides is 2. The number of hydrogen-bond acceptors (Lipinski definition) is 7. The van der Waals surface area contributed by atoms with E-state index in [1.165, 1.54) is 4.90 Å². The highest BCUT2D eigenvalue weighted by Gasteiger charge is 2.39. The van der Waals surface area contributed by atoms with Crippen LogP contribution in [0.1, 0.15) is 119 Å². The van der Waals surface area contributed by atoms with Gasteiger partial charge in [0.25, 0.3) is 0 Å². The normalized spacial score (nSPS) is 13.0. The number of urea groups is 1. The number of rotatable bonds is 20. The van der Waals surface area contributed by atoms with Gasteiger partial charge in [0, 0.05) is 18.6 Å². The first-order valence-corrected chi connectivity index (χ1v) is 14.4. The molecule has 34 heavy (non-hydrogen) atoms. The van der Waals surface area contributed by atoms with Crippen molar-refractivity contribution in [1.29, 1.82) is 5.26 Å². The van der Waals surface area contributed by atoms with Crippen LogP contribution in [0.15, 0.2) is 0 Å². The molecule has 200 valence electrons. The molecule has 0 spiro atoms. The van der Waals surface area contributed by atoms with Crippen molar-refractivity contribution >= 4 is 16.4 Å². The molecule has 0 heterocycles. The molecular formula is C24H48N4O5S. The highest BCUT2D eigenvalue weighted by Crippen LogP contribution is 2.35. The summed E-state index contributed by atoms with van der Waals surface area (Å²) in [6.45, 7) is 12.7. The molecule has 0 aliphatic carbocycles. The van der Waals surface area contributed by atoms with E-state index in [1.807, 2.05) is 19.3 Å². The summed E-state index contributed by atoms with van der Waals surface area (Å²) in [7, 11) is -4.56. The molecule has 0 radical (unpaired) electrons. The first-order chi connectivity index (χ1) is 16.2. The number of unbranched alkanes of at least 4 members (excludes halogenated alkanes) is 3. The van der Waals surface area contributed by atoms with Crippen molar-refractivity contribution < 1.29 is 21.8 Å². The van der Waals surface area contributed by atoms with Crippen LogP contribution in [-0.4, -0.2) is 49.1 Å². The minimum absolute atomic E-state index is 0.241. The van der Waals surface area contributed by atoms with E-state index >= 15 is 0 Å². The third-order valence-electron chi connectivity index (χ3n) is 6.05. The molecule has 9 nitrogen and oxygen atoms in total. The van der Waals surface area contributed by atoms with Crippen molar-refractivity contribution in [2.75, 3.05) is 13.1 Å². The molecule has 0 saturated carbocycles. The van der Waals surface area contributed by atoms with Crippen molar-refractivity contribution in [3.63, 3.8) is 0 Å². The molecule has 0 aliphatic heterocycles. The highest BCUT2D eigenvalue weighted by atomic mass is 32.3. The van der Waals surface area contributed by atoms with Gasteiger partial charge in [-0.05, 0) is 39.0 Å². The van der Waals surface area contributed by atoms with Gasteiger partial charge in [0.15, 0.2) is 0 Å². The molecule has 1 atom stereocenters. The van der Waals surface area contributed by atoms with E-state index in [-0.39, 0.29) is 6.54 Å². The molecule has 0 bridgehead atoms. The summed E-state index contributed by atoms with van der Waals surface area (Å²) in [6.07, 6.45) is 10.2. The van der Waals surface area contributed by atoms with Gasteiger partial charge in [-0.15, -0.1) is 4.28 Å². The largest absolute Gasteiger partial charge is 0.437 e. The molecule has 1 N–H and O–H groups in total. The second-order valence-electron chi connectivity index (χ2n) is 8.83. The van der Waals surface area contributed by atoms with Crippen LogP contribution in [0.5, 0.6) is 0 Å². The number of nitrogens with one attached hydrogen (secondary N) is 1. The zero-order chi connectivity index (χ0) is 26.0. The number of hydroxylamine groups is 3. The van der Waals surface area contributed by atoms with Crippen molar-refractivity contribution in [3.8, 4) is 6.07 Å². The Morgan fingerprint density at radius 3 is 1.97 bits per heavy atom. The van der Waals surface area contributed by atoms with Crippen LogP contribution in [0, 0.1) is 11.3 Å². The molecule has 0 unspecified atom stereocenters. The van der Waals surface area contributed by atoms with Gasteiger partial charge >= 0.3 is 16.4 Å². The van der Waals surface area contributed by atoms with E-state index in [2.05, 4.69) is 26.8 Å². The van der Waals surface area contributed by atoms with E-state index in [9.17, 15) is 18.5 Å². The zero-order valence-electron chi connectivity index (χ0n) is 22.3. The Morgan fingerprint density at radius 1 is 0.941 bits per heavy atom. The standard InChI is InChI=1S/C24H48N4O5S/c1-7-13-18-24(17-11-5,19-14-8-2)28(20-15-9-3)33-34(30,31)32-26-23(29)27(12-6)22(21-25)16-10-4/h22H,7-20H2,1-6H3,(H,26,29)/t22-/m0/s1. The Kier molecular flexibility index (Phi) is 17.2. The number of nitriles is 1. The minimum atomic E-state index is -4.56. The smallest absolute Gasteiger partial charge is 0.307 e. The first-order valence-electron chi connectivity index (χ1n) is 13.1. The first kappa shape index (κ1) is 32.6. The van der Waals surface area contributed by atoms with Crippen LogP contribution in [0.4, 0.5) is 4.79 Å². The van der Waals surface area contributed by atoms with Gasteiger partial charge in [-0.2, -0.15) is 28.5 Å². The summed E-state index contributed by atoms with van der Waals surface area (Å²) in [4.78, 5) is 13.8. The lowest BCUT2D eigenvalue weighted by Gasteiger charge is -2.42. The molecule has 0 aromatic heterocycles. The van der Waals surface area contributed by atoms with Crippen molar-refractivity contribution in [2.24, 2.45) is 0 Å². The summed E-state index contributed by atoms with van der Waals surface area (Å²) < 4.78 is 35.9. The SMILES string of the molecule is CCCCN(OS(=O)(=O)ONC(=O)N(CC)[C@H](C#N)CCC)C(CCC)(CCCC)CCCC. The lowest BCUT2D eigenvalue weighted by molar-refractivity contribution is -0.162. The third kappa shape index (κ3) is 11.3. The van der Waals surface area contributed by atoms with Crippen LogP contribution >= 0.6 is 0 Å². The molecule has 0 aromatic carbocycles. The molecule has 0 fully saturated rings. The van der Waals surface area contributed by atoms with Crippen molar-refractivity contribution in [3.05, 3.63) is 0 Å². The Balaban J connectivity index is 5.68. The second kappa shape index (κ2) is 17.9. The average molecular weight is 505 g/mol. The monoisotopic (exact) mass is 504 g/mol. The fourth-order valence-electron chi connectivity index (χ4n) is 4.22. The fraction of sp³-hybridized carbons (Fsp3) is 0.917. The van der Waals surface area contributed by atoms with Gasteiger partial charge in [0.1, 0.15) is 6.04 Å². The lowest BCUT2D eigenvalue weighted by atomic mass is 9.82. The third-order valence-corrected chi connectivity index (χ3v) is 6.70. The summed E-state index contributed by atoms with van der Waals surface area (Å²) in [6, 6.07) is 0.632. The van der Waals surface area contributed by atoms with E-state index in [0.29, 0.717) is 19.4 Å². The van der Waals surface area contributed by atoms with Gasteiger partial charge in [0.05, 0.1) is 6.07 Å². The predicted molar refractivity (Wildman–Crippen MR) is 135 cm³/mol. The Morgan fingerprint density at radius 2 is 1.53 bits per heavy atom. The van der Waals surface area contributed by atoms with Crippen LogP contribution in [0.25, 0.3) is 0 Å². The Bertz CT molecular complexity index is 688. The topological polar surface area (TPSA) is 112 Å². The number of hydrogen-bond donors (Lipinski definition) is 1. The van der Waals surface area contributed by atoms with Crippen molar-refractivity contribution in [1.82, 2.24) is 15.4 Å². The van der Waals surface area contributed by atoms with Crippen molar-refractivity contribution in [2.45, 2.75) is 130 Å². The number of carbonyl (C=O) groups is 1. The van der Waals surface area contributed by atoms with Gasteiger partial charge in [-0.25, -0.2) is 4.79 Å². The van der Waals surface area contributed by atoms with E-state index < -0.39 is 28.0 Å². The maximum atomic E-state index is 12.8. The minimum Gasteiger partial charge on any atom is -0.307 e. The molecule has 0 saturated heterocycles. The van der Waals surface area contributed by atoms with Gasteiger partial charge in [-0.1, -0.05) is 79.6 Å². The molecule has 2 amide bonds. The lowest BCUT2D eigenvalue weighted by Crippen LogP contribution is -2.51. The Hall–Kier alpha value is -1.41. The average Bonchev–Trinajstić information content (AvgIpc) is 2.82. The van der Waals surface area contributed by atoms with Crippen LogP contribution in [0.2, 0.25) is 0 Å². The van der Waals surface area contributed by atoms with Crippen LogP contribution < -0.4 is 5.48 Å². The molecule has 10 heteroatoms. The molecule has 0 aromatic rings. The van der Waals surface area contributed by atoms with Crippen LogP contribution in [-0.2, 0) is 19.0 Å². The summed E-state index contributed by atoms with van der Waals surface area (Å²) in [5.41, 5.74) is 1.56. The molecule has 0 rings (SSSR count). The summed E-state index contributed by atoms with van der Waals surface area (Å²) in [5, 5.41) is 11.0. The summed E-state index contributed by atoms with van der Waals surface area (Å²) >= 11 is 0. The Labute approximate surface area is 208 Å². The van der Waals surface area contributed by atoms with Gasteiger partial charge < -0.3 is 4.90 Å². The molecule has 0 aliphatic rings. The van der Waals surface area contributed by atoms with Gasteiger partial charge in [0.2, 0.25) is 0 Å². The predicted octanol–water partition coefficient (Wildman–Crippen LogP) is 5.84.